The second-order valence-corrected chi connectivity index (χ2v) is 6.31. The van der Waals surface area contributed by atoms with Gasteiger partial charge in [0.25, 0.3) is 0 Å². The van der Waals surface area contributed by atoms with Crippen molar-refractivity contribution in [2.24, 2.45) is 0 Å². The minimum absolute atomic E-state index is 0.127. The number of nitrogens with one attached hydrogen (secondary N) is 1. The van der Waals surface area contributed by atoms with E-state index in [-0.39, 0.29) is 5.34 Å². The third-order valence-electron chi connectivity index (χ3n) is 4.46. The maximum absolute atomic E-state index is 5.47. The molecule has 0 spiro atoms. The van der Waals surface area contributed by atoms with E-state index in [4.69, 9.17) is 9.47 Å². The molecule has 0 unspecified atom stereocenters. The summed E-state index contributed by atoms with van der Waals surface area (Å²) in [5.41, 5.74) is 2.52. The minimum Gasteiger partial charge on any atom is -0.497 e. The van der Waals surface area contributed by atoms with Crippen molar-refractivity contribution in [3.8, 4) is 5.75 Å². The zero-order valence-electron chi connectivity index (χ0n) is 13.1. The minimum atomic E-state index is 0.127. The van der Waals surface area contributed by atoms with Crippen LogP contribution in [-0.2, 0) is 11.2 Å². The van der Waals surface area contributed by atoms with Crippen molar-refractivity contribution in [1.82, 2.24) is 9.88 Å². The quantitative estimate of drug-likeness (QED) is 0.801. The first-order valence-corrected chi connectivity index (χ1v) is 7.57. The normalized spacial score (nSPS) is 17.2. The molecule has 0 amide bonds. The molecule has 4 nitrogen and oxygen atoms in total. The molecule has 3 rings (SSSR count). The average Bonchev–Trinajstić information content (AvgIpc) is 2.90. The number of aromatic nitrogens is 1. The van der Waals surface area contributed by atoms with Gasteiger partial charge in [-0.25, -0.2) is 0 Å². The maximum atomic E-state index is 5.47. The predicted molar refractivity (Wildman–Crippen MR) is 90.8 cm³/mol. The lowest BCUT2D eigenvalue weighted by Gasteiger charge is -2.41. The largest absolute Gasteiger partial charge is 0.497 e. The topological polar surface area (TPSA) is 37.5 Å². The van der Waals surface area contributed by atoms with Gasteiger partial charge in [-0.2, -0.15) is 0 Å². The van der Waals surface area contributed by atoms with Gasteiger partial charge in [-0.1, -0.05) is 0 Å². The lowest BCUT2D eigenvalue weighted by molar-refractivity contribution is 0.0233. The van der Waals surface area contributed by atoms with E-state index in [1.54, 1.807) is 7.11 Å². The smallest absolute Gasteiger partial charge is 0.119 e. The SMILES string of the molecule is BC(B)(Cc1c[nH]c2ccc(OC)cc12)N1CCOCC1. The molecule has 1 aromatic carbocycles. The van der Waals surface area contributed by atoms with Crippen LogP contribution in [0.3, 0.4) is 0 Å². The molecule has 21 heavy (non-hydrogen) atoms. The van der Waals surface area contributed by atoms with Crippen molar-refractivity contribution in [2.45, 2.75) is 11.8 Å². The molecule has 0 radical (unpaired) electrons. The van der Waals surface area contributed by atoms with Crippen molar-refractivity contribution in [3.05, 3.63) is 30.0 Å². The molecule has 0 atom stereocenters. The fourth-order valence-corrected chi connectivity index (χ4v) is 3.18. The Kier molecular flexibility index (Phi) is 4.00. The molecule has 0 saturated carbocycles. The molecule has 2 aromatic rings. The van der Waals surface area contributed by atoms with E-state index in [1.807, 2.05) is 6.07 Å². The molecule has 1 aliphatic heterocycles. The van der Waals surface area contributed by atoms with Gasteiger partial charge in [-0.3, -0.25) is 0 Å². The van der Waals surface area contributed by atoms with Gasteiger partial charge < -0.3 is 19.4 Å². The van der Waals surface area contributed by atoms with Crippen molar-refractivity contribution in [2.75, 3.05) is 33.4 Å². The molecule has 1 aliphatic rings. The second kappa shape index (κ2) is 5.78. The zero-order chi connectivity index (χ0) is 14.9. The van der Waals surface area contributed by atoms with Crippen LogP contribution in [0.4, 0.5) is 0 Å². The van der Waals surface area contributed by atoms with Gasteiger partial charge in [0.1, 0.15) is 21.4 Å². The Morgan fingerprint density at radius 3 is 2.81 bits per heavy atom. The highest BCUT2D eigenvalue weighted by Crippen LogP contribution is 2.27. The molecule has 1 N–H and O–H groups in total. The zero-order valence-corrected chi connectivity index (χ0v) is 13.1. The molecule has 0 aliphatic carbocycles. The Labute approximate surface area is 127 Å². The van der Waals surface area contributed by atoms with E-state index >= 15 is 0 Å². The number of hydrogen-bond donors (Lipinski definition) is 1. The Balaban J connectivity index is 1.86. The first-order valence-electron chi connectivity index (χ1n) is 7.57. The van der Waals surface area contributed by atoms with E-state index in [2.05, 4.69) is 43.9 Å². The van der Waals surface area contributed by atoms with Crippen molar-refractivity contribution < 1.29 is 9.47 Å². The molecule has 2 heterocycles. The van der Waals surface area contributed by atoms with Crippen LogP contribution in [0.2, 0.25) is 0 Å². The van der Waals surface area contributed by atoms with Gasteiger partial charge in [0.15, 0.2) is 0 Å². The Hall–Kier alpha value is -1.39. The van der Waals surface area contributed by atoms with Gasteiger partial charge in [0.2, 0.25) is 0 Å². The number of fused-ring (bicyclic) bond motifs is 1. The highest BCUT2D eigenvalue weighted by atomic mass is 16.5. The van der Waals surface area contributed by atoms with Crippen molar-refractivity contribution in [1.29, 1.82) is 0 Å². The molecular weight excluding hydrogens is 262 g/mol. The molecular formula is C15H22B2N2O2. The van der Waals surface area contributed by atoms with Gasteiger partial charge in [-0.15, -0.1) is 0 Å². The number of hydrogen-bond acceptors (Lipinski definition) is 3. The first-order chi connectivity index (χ1) is 10.1. The number of rotatable bonds is 4. The number of methoxy groups -OCH3 is 1. The summed E-state index contributed by atoms with van der Waals surface area (Å²) in [6.45, 7) is 3.70. The van der Waals surface area contributed by atoms with Crippen LogP contribution >= 0.6 is 0 Å². The van der Waals surface area contributed by atoms with Crippen molar-refractivity contribution in [3.63, 3.8) is 0 Å². The molecule has 1 aromatic heterocycles. The second-order valence-electron chi connectivity index (χ2n) is 6.31. The first kappa shape index (κ1) is 14.5. The Bertz CT molecular complexity index is 621. The van der Waals surface area contributed by atoms with E-state index in [0.717, 1.165) is 38.5 Å². The fourth-order valence-electron chi connectivity index (χ4n) is 3.18. The number of aromatic amines is 1. The van der Waals surface area contributed by atoms with Gasteiger partial charge in [0.05, 0.1) is 20.3 Å². The Morgan fingerprint density at radius 2 is 2.10 bits per heavy atom. The Morgan fingerprint density at radius 1 is 1.33 bits per heavy atom. The van der Waals surface area contributed by atoms with Crippen LogP contribution in [0.1, 0.15) is 5.56 Å². The lowest BCUT2D eigenvalue weighted by Crippen LogP contribution is -2.55. The molecule has 1 fully saturated rings. The average molecular weight is 284 g/mol. The summed E-state index contributed by atoms with van der Waals surface area (Å²) >= 11 is 0. The van der Waals surface area contributed by atoms with Gasteiger partial charge in [-0.05, 0) is 35.5 Å². The fraction of sp³-hybridized carbons (Fsp3) is 0.467. The van der Waals surface area contributed by atoms with E-state index in [0.29, 0.717) is 0 Å². The van der Waals surface area contributed by atoms with E-state index < -0.39 is 0 Å². The molecule has 1 saturated heterocycles. The number of ether oxygens (including phenoxy) is 2. The highest BCUT2D eigenvalue weighted by molar-refractivity contribution is 6.40. The molecule has 110 valence electrons. The number of H-pyrrole nitrogens is 1. The summed E-state index contributed by atoms with van der Waals surface area (Å²) in [4.78, 5) is 5.89. The molecule has 6 heteroatoms. The van der Waals surface area contributed by atoms with Crippen LogP contribution in [0.5, 0.6) is 5.75 Å². The van der Waals surface area contributed by atoms with Crippen LogP contribution < -0.4 is 4.74 Å². The summed E-state index contributed by atoms with van der Waals surface area (Å²) in [6.07, 6.45) is 3.15. The summed E-state index contributed by atoms with van der Waals surface area (Å²) in [6, 6.07) is 6.20. The standard InChI is InChI=1S/C15H22B2N2O2/c1-20-12-2-3-14-13(8-12)11(10-18-14)9-15(16,17)19-4-6-21-7-5-19/h2-3,8,10,18H,4-7,9,16-17H2,1H3. The summed E-state index contributed by atoms with van der Waals surface area (Å²) in [5, 5.41) is 1.39. The third-order valence-corrected chi connectivity index (χ3v) is 4.46. The number of nitrogens with zero attached hydrogens (tertiary/aromatic N) is 1. The summed E-state index contributed by atoms with van der Waals surface area (Å²) in [7, 11) is 6.35. The number of morpholine rings is 1. The summed E-state index contributed by atoms with van der Waals surface area (Å²) in [5.74, 6) is 0.910. The predicted octanol–water partition coefficient (Wildman–Crippen LogP) is -0.0288. The monoisotopic (exact) mass is 284 g/mol. The summed E-state index contributed by atoms with van der Waals surface area (Å²) < 4.78 is 10.8. The molecule has 0 bridgehead atoms. The van der Waals surface area contributed by atoms with E-state index in [9.17, 15) is 0 Å². The van der Waals surface area contributed by atoms with E-state index in [1.165, 1.54) is 16.5 Å². The van der Waals surface area contributed by atoms with Gasteiger partial charge >= 0.3 is 0 Å². The van der Waals surface area contributed by atoms with Crippen LogP contribution in [-0.4, -0.2) is 64.3 Å². The lowest BCUT2D eigenvalue weighted by atomic mass is 9.57. The maximum Gasteiger partial charge on any atom is 0.119 e. The number of benzene rings is 1. The highest BCUT2D eigenvalue weighted by Gasteiger charge is 2.29. The van der Waals surface area contributed by atoms with Crippen LogP contribution in [0.25, 0.3) is 10.9 Å². The van der Waals surface area contributed by atoms with Crippen LogP contribution in [0.15, 0.2) is 24.4 Å². The third kappa shape index (κ3) is 2.97. The van der Waals surface area contributed by atoms with Crippen molar-refractivity contribution >= 4 is 26.6 Å². The van der Waals surface area contributed by atoms with Crippen LogP contribution in [0, 0.1) is 0 Å². The van der Waals surface area contributed by atoms with Gasteiger partial charge in [0, 0.05) is 30.2 Å².